The van der Waals surface area contributed by atoms with Crippen LogP contribution in [-0.2, 0) is 13.9 Å². The first kappa shape index (κ1) is 27.2. The highest BCUT2D eigenvalue weighted by Gasteiger charge is 2.25. The van der Waals surface area contributed by atoms with Gasteiger partial charge in [0.1, 0.15) is 11.9 Å². The molecule has 3 aromatic rings. The van der Waals surface area contributed by atoms with Gasteiger partial charge in [0.15, 0.2) is 18.1 Å². The Kier molecular flexibility index (Phi) is 8.70. The molecule has 0 bridgehead atoms. The van der Waals surface area contributed by atoms with E-state index >= 15 is 0 Å². The molecular formula is C28H26FNO7P+. The van der Waals surface area contributed by atoms with Crippen LogP contribution in [0.3, 0.4) is 0 Å². The smallest absolute Gasteiger partial charge is 0.481 e. The van der Waals surface area contributed by atoms with E-state index in [9.17, 15) is 18.9 Å². The van der Waals surface area contributed by atoms with Crippen molar-refractivity contribution in [2.24, 2.45) is 0 Å². The molecule has 10 heteroatoms. The molecule has 1 aromatic heterocycles. The maximum atomic E-state index is 13.7. The number of aliphatic carboxylic acids is 1. The first-order valence-electron chi connectivity index (χ1n) is 11.9. The zero-order valence-corrected chi connectivity index (χ0v) is 21.7. The summed E-state index contributed by atoms with van der Waals surface area (Å²) >= 11 is 0. The van der Waals surface area contributed by atoms with Crippen molar-refractivity contribution in [3.8, 4) is 45.7 Å². The summed E-state index contributed by atoms with van der Waals surface area (Å²) in [5, 5.41) is 18.4. The molecule has 0 saturated heterocycles. The quantitative estimate of drug-likeness (QED) is 0.277. The van der Waals surface area contributed by atoms with E-state index in [1.165, 1.54) is 12.1 Å². The second-order valence-corrected chi connectivity index (χ2v) is 10.1. The third-order valence-electron chi connectivity index (χ3n) is 5.69. The number of hydrogen-bond acceptors (Lipinski definition) is 7. The standard InChI is InChI=1S/C28H25FNO7P/c1-17(2)27-21(6-4-12-37-38(34)15-20(31)13-26(32)33)23(18-8-10-19(29)11-9-18)14-24(30-27)22-5-3-7-25-28(22)36-16-35-25/h3,5,7-11,14,17,20,31H,12-13,15-16H2,1-2H3/p+1/t20-/m0/s1. The van der Waals surface area contributed by atoms with Gasteiger partial charge < -0.3 is 19.7 Å². The normalized spacial score (nSPS) is 13.1. The van der Waals surface area contributed by atoms with Crippen molar-refractivity contribution in [1.82, 2.24) is 4.98 Å². The topological polar surface area (TPSA) is 115 Å². The number of ether oxygens (including phenoxy) is 2. The summed E-state index contributed by atoms with van der Waals surface area (Å²) in [4.78, 5) is 15.6. The number of para-hydroxylation sites is 1. The molecule has 2 heterocycles. The number of aliphatic hydroxyl groups is 1. The molecule has 196 valence electrons. The number of pyridine rings is 1. The minimum Gasteiger partial charge on any atom is -0.481 e. The van der Waals surface area contributed by atoms with Crippen molar-refractivity contribution in [2.75, 3.05) is 19.6 Å². The number of halogens is 1. The van der Waals surface area contributed by atoms with E-state index < -0.39 is 26.5 Å². The van der Waals surface area contributed by atoms with Crippen LogP contribution in [0.1, 0.15) is 37.4 Å². The van der Waals surface area contributed by atoms with Gasteiger partial charge in [-0.3, -0.25) is 9.78 Å². The third-order valence-corrected chi connectivity index (χ3v) is 6.82. The molecule has 4 rings (SSSR count). The van der Waals surface area contributed by atoms with E-state index in [-0.39, 0.29) is 31.3 Å². The monoisotopic (exact) mass is 538 g/mol. The summed E-state index contributed by atoms with van der Waals surface area (Å²) in [5.41, 5.74) is 4.17. The number of benzene rings is 2. The van der Waals surface area contributed by atoms with Crippen LogP contribution in [0.4, 0.5) is 4.39 Å². The van der Waals surface area contributed by atoms with Gasteiger partial charge in [0.25, 0.3) is 0 Å². The van der Waals surface area contributed by atoms with Crippen molar-refractivity contribution in [2.45, 2.75) is 32.3 Å². The van der Waals surface area contributed by atoms with Crippen LogP contribution in [0.25, 0.3) is 22.4 Å². The maximum Gasteiger partial charge on any atom is 0.511 e. The maximum absolute atomic E-state index is 13.7. The minimum absolute atomic E-state index is 0.0314. The number of carboxylic acid groups (broad SMARTS) is 1. The van der Waals surface area contributed by atoms with Gasteiger partial charge in [0.2, 0.25) is 13.0 Å². The molecule has 0 saturated carbocycles. The second-order valence-electron chi connectivity index (χ2n) is 8.86. The highest BCUT2D eigenvalue weighted by Crippen LogP contribution is 2.42. The molecule has 0 radical (unpaired) electrons. The van der Waals surface area contributed by atoms with Gasteiger partial charge in [-0.1, -0.05) is 43.9 Å². The number of aromatic nitrogens is 1. The molecule has 1 aliphatic rings. The van der Waals surface area contributed by atoms with Crippen molar-refractivity contribution in [3.05, 3.63) is 65.6 Å². The highest BCUT2D eigenvalue weighted by molar-refractivity contribution is 7.39. The van der Waals surface area contributed by atoms with Gasteiger partial charge in [-0.25, -0.2) is 4.39 Å². The lowest BCUT2D eigenvalue weighted by molar-refractivity contribution is -0.138. The number of carbonyl (C=O) groups is 1. The molecule has 0 aliphatic carbocycles. The van der Waals surface area contributed by atoms with Gasteiger partial charge in [-0.2, -0.15) is 0 Å². The van der Waals surface area contributed by atoms with Crippen molar-refractivity contribution in [1.29, 1.82) is 0 Å². The summed E-state index contributed by atoms with van der Waals surface area (Å²) in [5.74, 6) is 5.56. The van der Waals surface area contributed by atoms with E-state index in [4.69, 9.17) is 24.1 Å². The number of hydrogen-bond donors (Lipinski definition) is 2. The fourth-order valence-corrected chi connectivity index (χ4v) is 4.75. The Balaban J connectivity index is 1.71. The Morgan fingerprint density at radius 2 is 1.95 bits per heavy atom. The summed E-state index contributed by atoms with van der Waals surface area (Å²) in [7, 11) is -2.29. The number of rotatable bonds is 9. The molecule has 2 atom stereocenters. The van der Waals surface area contributed by atoms with Crippen LogP contribution >= 0.6 is 8.03 Å². The van der Waals surface area contributed by atoms with E-state index in [0.717, 1.165) is 16.7 Å². The fourth-order valence-electron chi connectivity index (χ4n) is 3.96. The first-order valence-corrected chi connectivity index (χ1v) is 13.3. The molecular weight excluding hydrogens is 512 g/mol. The van der Waals surface area contributed by atoms with Gasteiger partial charge >= 0.3 is 14.0 Å². The van der Waals surface area contributed by atoms with Crippen molar-refractivity contribution >= 4 is 14.0 Å². The van der Waals surface area contributed by atoms with Gasteiger partial charge in [-0.15, -0.1) is 4.52 Å². The second kappa shape index (κ2) is 12.1. The largest absolute Gasteiger partial charge is 0.511 e. The third kappa shape index (κ3) is 6.53. The Morgan fingerprint density at radius 1 is 1.18 bits per heavy atom. The molecule has 1 aliphatic heterocycles. The number of nitrogens with zero attached hydrogens (tertiary/aromatic N) is 1. The summed E-state index contributed by atoms with van der Waals surface area (Å²) < 4.78 is 42.2. The molecule has 38 heavy (non-hydrogen) atoms. The van der Waals surface area contributed by atoms with Crippen molar-refractivity contribution in [3.63, 3.8) is 0 Å². The zero-order valence-electron chi connectivity index (χ0n) is 20.8. The van der Waals surface area contributed by atoms with Crippen LogP contribution in [-0.4, -0.2) is 46.8 Å². The average Bonchev–Trinajstić information content (AvgIpc) is 3.35. The Hall–Kier alpha value is -3.83. The zero-order chi connectivity index (χ0) is 27.2. The highest BCUT2D eigenvalue weighted by atomic mass is 31.1. The predicted molar refractivity (Wildman–Crippen MR) is 139 cm³/mol. The predicted octanol–water partition coefficient (Wildman–Crippen LogP) is 5.35. The molecule has 1 unspecified atom stereocenters. The van der Waals surface area contributed by atoms with Crippen LogP contribution < -0.4 is 9.47 Å². The first-order chi connectivity index (χ1) is 18.2. The lowest BCUT2D eigenvalue weighted by atomic mass is 9.92. The minimum atomic E-state index is -2.29. The lowest BCUT2D eigenvalue weighted by Crippen LogP contribution is -2.15. The summed E-state index contributed by atoms with van der Waals surface area (Å²) in [6.07, 6.45) is -2.09. The SMILES string of the molecule is CC(C)c1nc(-c2cccc3c2OCO3)cc(-c2ccc(F)cc2)c1C#CCO[P+](=O)C[C@@H](O)CC(=O)O. The molecule has 2 N–H and O–H groups in total. The molecule has 0 spiro atoms. The number of aliphatic hydroxyl groups excluding tert-OH is 1. The van der Waals surface area contributed by atoms with Crippen LogP contribution in [0.5, 0.6) is 11.5 Å². The Labute approximate surface area is 220 Å². The van der Waals surface area contributed by atoms with Crippen LogP contribution in [0, 0.1) is 17.7 Å². The lowest BCUT2D eigenvalue weighted by Gasteiger charge is -2.16. The molecule has 2 aromatic carbocycles. The van der Waals surface area contributed by atoms with Crippen LogP contribution in [0.15, 0.2) is 48.5 Å². The van der Waals surface area contributed by atoms with Crippen molar-refractivity contribution < 1.29 is 38.0 Å². The Morgan fingerprint density at radius 3 is 2.66 bits per heavy atom. The van der Waals surface area contributed by atoms with Gasteiger partial charge in [0, 0.05) is 11.1 Å². The Bertz CT molecular complexity index is 1410. The molecule has 0 amide bonds. The molecule has 8 nitrogen and oxygen atoms in total. The van der Waals surface area contributed by atoms with E-state index in [1.807, 2.05) is 38.1 Å². The van der Waals surface area contributed by atoms with E-state index in [2.05, 4.69) is 11.8 Å². The van der Waals surface area contributed by atoms with Gasteiger partial charge in [0.05, 0.1) is 23.4 Å². The molecule has 0 fully saturated rings. The summed E-state index contributed by atoms with van der Waals surface area (Å²) in [6, 6.07) is 13.5. The number of fused-ring (bicyclic) bond motifs is 1. The summed E-state index contributed by atoms with van der Waals surface area (Å²) in [6.45, 7) is 3.89. The average molecular weight is 538 g/mol. The van der Waals surface area contributed by atoms with E-state index in [0.29, 0.717) is 28.5 Å². The number of carboxylic acids is 1. The van der Waals surface area contributed by atoms with Crippen LogP contribution in [0.2, 0.25) is 0 Å². The fraction of sp³-hybridized carbons (Fsp3) is 0.286. The van der Waals surface area contributed by atoms with E-state index in [1.54, 1.807) is 12.1 Å². The van der Waals surface area contributed by atoms with Gasteiger partial charge in [-0.05, 0) is 46.4 Å².